The van der Waals surface area contributed by atoms with Crippen molar-refractivity contribution in [3.8, 4) is 16.9 Å². The van der Waals surface area contributed by atoms with Crippen molar-refractivity contribution in [3.05, 3.63) is 65.3 Å². The van der Waals surface area contributed by atoms with E-state index >= 15 is 0 Å². The van der Waals surface area contributed by atoms with E-state index < -0.39 is 23.8 Å². The molecule has 1 atom stereocenters. The minimum Gasteiger partial charge on any atom is -0.406 e. The number of anilines is 2. The topological polar surface area (TPSA) is 87.6 Å². The number of rotatable bonds is 6. The third-order valence-electron chi connectivity index (χ3n) is 5.43. The van der Waals surface area contributed by atoms with Gasteiger partial charge in [0.2, 0.25) is 0 Å². The molecule has 1 amide bonds. The average molecular weight is 511 g/mol. The Bertz CT molecular complexity index is 1220. The van der Waals surface area contributed by atoms with Gasteiger partial charge in [-0.05, 0) is 42.8 Å². The second-order valence-corrected chi connectivity index (χ2v) is 8.26. The number of carbonyl (C=O) groups is 1. The Kier molecular flexibility index (Phi) is 7.08. The number of pyridine rings is 2. The molecule has 184 valence electrons. The maximum Gasteiger partial charge on any atom is 0.573 e. The maximum atomic E-state index is 14.2. The van der Waals surface area contributed by atoms with Crippen molar-refractivity contribution in [2.45, 2.75) is 12.8 Å². The van der Waals surface area contributed by atoms with Gasteiger partial charge in [0.1, 0.15) is 11.6 Å². The van der Waals surface area contributed by atoms with E-state index in [1.54, 1.807) is 0 Å². The number of halogens is 5. The van der Waals surface area contributed by atoms with Crippen LogP contribution in [0.2, 0.25) is 5.15 Å². The number of aliphatic hydroxyl groups is 1. The van der Waals surface area contributed by atoms with Crippen LogP contribution >= 0.6 is 11.6 Å². The standard InChI is InChI=1S/C23H19ClF4N4O3/c24-20-19(25)8-14(9-29-20)18-7-15(10-30-21(18)32-6-5-13(11-32)12-33)22(34)31-16-1-3-17(4-2-16)35-23(26,27)28/h1-4,7-10,13,33H,5-6,11-12H2,(H,31,34). The Morgan fingerprint density at radius 2 is 1.94 bits per heavy atom. The molecule has 3 heterocycles. The fraction of sp³-hybridized carbons (Fsp3) is 0.261. The molecule has 1 saturated heterocycles. The highest BCUT2D eigenvalue weighted by Crippen LogP contribution is 2.34. The van der Waals surface area contributed by atoms with Gasteiger partial charge in [0.05, 0.1) is 5.56 Å². The molecule has 2 N–H and O–H groups in total. The molecule has 12 heteroatoms. The summed E-state index contributed by atoms with van der Waals surface area (Å²) in [6.45, 7) is 1.18. The van der Waals surface area contributed by atoms with Gasteiger partial charge < -0.3 is 20.1 Å². The summed E-state index contributed by atoms with van der Waals surface area (Å²) < 4.78 is 55.0. The van der Waals surface area contributed by atoms with Gasteiger partial charge in [-0.2, -0.15) is 0 Å². The van der Waals surface area contributed by atoms with Gasteiger partial charge in [-0.3, -0.25) is 4.79 Å². The van der Waals surface area contributed by atoms with Gasteiger partial charge >= 0.3 is 6.36 Å². The second-order valence-electron chi connectivity index (χ2n) is 7.90. The average Bonchev–Trinajstić information content (AvgIpc) is 3.30. The molecule has 0 aliphatic carbocycles. The molecular weight excluding hydrogens is 492 g/mol. The van der Waals surface area contributed by atoms with E-state index in [4.69, 9.17) is 11.6 Å². The number of amides is 1. The van der Waals surface area contributed by atoms with Crippen molar-refractivity contribution >= 4 is 29.0 Å². The largest absolute Gasteiger partial charge is 0.573 e. The molecular formula is C23H19ClF4N4O3. The number of hydrogen-bond donors (Lipinski definition) is 2. The zero-order valence-corrected chi connectivity index (χ0v) is 18.8. The first-order valence-corrected chi connectivity index (χ1v) is 10.8. The maximum absolute atomic E-state index is 14.2. The summed E-state index contributed by atoms with van der Waals surface area (Å²) in [5, 5.41) is 11.8. The summed E-state index contributed by atoms with van der Waals surface area (Å²) in [6.07, 6.45) is -1.36. The van der Waals surface area contributed by atoms with Crippen LogP contribution in [0.3, 0.4) is 0 Å². The van der Waals surface area contributed by atoms with E-state index in [1.165, 1.54) is 36.7 Å². The number of carbonyl (C=O) groups excluding carboxylic acids is 1. The summed E-state index contributed by atoms with van der Waals surface area (Å²) in [4.78, 5) is 23.0. The van der Waals surface area contributed by atoms with Crippen molar-refractivity contribution in [1.82, 2.24) is 9.97 Å². The van der Waals surface area contributed by atoms with Crippen LogP contribution in [-0.2, 0) is 0 Å². The van der Waals surface area contributed by atoms with Gasteiger partial charge in [-0.25, -0.2) is 14.4 Å². The van der Waals surface area contributed by atoms with Crippen LogP contribution in [0.4, 0.5) is 29.1 Å². The lowest BCUT2D eigenvalue weighted by atomic mass is 10.1. The highest BCUT2D eigenvalue weighted by atomic mass is 35.5. The van der Waals surface area contributed by atoms with Crippen molar-refractivity contribution in [2.75, 3.05) is 29.9 Å². The fourth-order valence-electron chi connectivity index (χ4n) is 3.73. The minimum atomic E-state index is -4.82. The van der Waals surface area contributed by atoms with Crippen molar-refractivity contribution in [3.63, 3.8) is 0 Å². The fourth-order valence-corrected chi connectivity index (χ4v) is 3.84. The molecule has 1 aliphatic heterocycles. The molecule has 1 aliphatic rings. The molecule has 7 nitrogen and oxygen atoms in total. The SMILES string of the molecule is O=C(Nc1ccc(OC(F)(F)F)cc1)c1cnc(N2CCC(CO)C2)c(-c2cnc(Cl)c(F)c2)c1. The number of aliphatic hydroxyl groups excluding tert-OH is 1. The number of aromatic nitrogens is 2. The van der Waals surface area contributed by atoms with Crippen LogP contribution in [0, 0.1) is 11.7 Å². The van der Waals surface area contributed by atoms with Gasteiger partial charge in [0.25, 0.3) is 5.91 Å². The molecule has 3 aromatic rings. The third kappa shape index (κ3) is 5.98. The zero-order valence-electron chi connectivity index (χ0n) is 18.0. The van der Waals surface area contributed by atoms with E-state index in [0.717, 1.165) is 18.6 Å². The van der Waals surface area contributed by atoms with Gasteiger partial charge in [-0.15, -0.1) is 13.2 Å². The molecule has 4 rings (SSSR count). The van der Waals surface area contributed by atoms with Gasteiger partial charge in [0.15, 0.2) is 11.0 Å². The number of hydrogen-bond acceptors (Lipinski definition) is 6. The first-order valence-electron chi connectivity index (χ1n) is 10.5. The lowest BCUT2D eigenvalue weighted by molar-refractivity contribution is -0.274. The Morgan fingerprint density at radius 1 is 1.20 bits per heavy atom. The first-order chi connectivity index (χ1) is 16.6. The number of benzene rings is 1. The normalized spacial score (nSPS) is 15.8. The van der Waals surface area contributed by atoms with Crippen LogP contribution in [0.5, 0.6) is 5.75 Å². The second kappa shape index (κ2) is 10.0. The number of ether oxygens (including phenoxy) is 1. The van der Waals surface area contributed by atoms with Crippen LogP contribution in [-0.4, -0.2) is 47.0 Å². The van der Waals surface area contributed by atoms with E-state index in [9.17, 15) is 27.5 Å². The van der Waals surface area contributed by atoms with Crippen LogP contribution in [0.25, 0.3) is 11.1 Å². The molecule has 1 unspecified atom stereocenters. The highest BCUT2D eigenvalue weighted by Gasteiger charge is 2.31. The van der Waals surface area contributed by atoms with Crippen molar-refractivity contribution < 1.29 is 32.2 Å². The molecule has 0 bridgehead atoms. The Labute approximate surface area is 202 Å². The summed E-state index contributed by atoms with van der Waals surface area (Å²) in [7, 11) is 0. The quantitative estimate of drug-likeness (QED) is 0.362. The third-order valence-corrected chi connectivity index (χ3v) is 5.70. The Hall–Kier alpha value is -3.44. The van der Waals surface area contributed by atoms with E-state index in [1.807, 2.05) is 4.90 Å². The molecule has 2 aromatic heterocycles. The Balaban J connectivity index is 1.61. The van der Waals surface area contributed by atoms with Crippen molar-refractivity contribution in [2.24, 2.45) is 5.92 Å². The lowest BCUT2D eigenvalue weighted by Crippen LogP contribution is -2.23. The number of nitrogens with one attached hydrogen (secondary N) is 1. The smallest absolute Gasteiger partial charge is 0.406 e. The van der Waals surface area contributed by atoms with E-state index in [2.05, 4.69) is 20.0 Å². The van der Waals surface area contributed by atoms with E-state index in [-0.39, 0.29) is 28.9 Å². The van der Waals surface area contributed by atoms with E-state index in [0.29, 0.717) is 30.0 Å². The van der Waals surface area contributed by atoms with Crippen molar-refractivity contribution in [1.29, 1.82) is 0 Å². The summed E-state index contributed by atoms with van der Waals surface area (Å²) in [6, 6.07) is 7.39. The number of nitrogens with zero attached hydrogens (tertiary/aromatic N) is 3. The minimum absolute atomic E-state index is 0.0241. The molecule has 0 radical (unpaired) electrons. The van der Waals surface area contributed by atoms with Crippen LogP contribution < -0.4 is 15.0 Å². The van der Waals surface area contributed by atoms with Crippen LogP contribution in [0.1, 0.15) is 16.8 Å². The van der Waals surface area contributed by atoms with Gasteiger partial charge in [0, 0.05) is 54.8 Å². The highest BCUT2D eigenvalue weighted by molar-refractivity contribution is 6.29. The Morgan fingerprint density at radius 3 is 2.57 bits per heavy atom. The lowest BCUT2D eigenvalue weighted by Gasteiger charge is -2.21. The summed E-state index contributed by atoms with van der Waals surface area (Å²) >= 11 is 5.72. The molecule has 1 aromatic carbocycles. The summed E-state index contributed by atoms with van der Waals surface area (Å²) in [5.41, 5.74) is 1.16. The monoisotopic (exact) mass is 510 g/mol. The first kappa shape index (κ1) is 24.7. The predicted octanol–water partition coefficient (Wildman–Crippen LogP) is 4.91. The van der Waals surface area contributed by atoms with Crippen LogP contribution in [0.15, 0.2) is 48.8 Å². The summed E-state index contributed by atoms with van der Waals surface area (Å²) in [5.74, 6) is -1.17. The zero-order chi connectivity index (χ0) is 25.2. The van der Waals surface area contributed by atoms with Gasteiger partial charge in [-0.1, -0.05) is 11.6 Å². The molecule has 35 heavy (non-hydrogen) atoms. The molecule has 1 fully saturated rings. The predicted molar refractivity (Wildman–Crippen MR) is 121 cm³/mol. The molecule has 0 spiro atoms. The molecule has 0 saturated carbocycles. The number of alkyl halides is 3.